The van der Waals surface area contributed by atoms with E-state index in [-0.39, 0.29) is 10.8 Å². The van der Waals surface area contributed by atoms with Gasteiger partial charge >= 0.3 is 0 Å². The minimum Gasteiger partial charge on any atom is -0.361 e. The standard InChI is InChI=1S/C22H25N3O3S/c26-22(12-5-7-17-16-23-21-11-2-1-10-20(17)21)24-18-8-6-9-19(15-18)29(27,28)25-13-3-4-14-25/h1-2,6,8-11,15-16,23H,3-5,7,12-14H2,(H,24,26). The number of rotatable bonds is 7. The third-order valence-corrected chi connectivity index (χ3v) is 7.24. The summed E-state index contributed by atoms with van der Waals surface area (Å²) in [6.45, 7) is 1.12. The average Bonchev–Trinajstić information content (AvgIpc) is 3.39. The smallest absolute Gasteiger partial charge is 0.243 e. The Morgan fingerprint density at radius 2 is 1.86 bits per heavy atom. The molecule has 1 saturated heterocycles. The molecule has 7 heteroatoms. The normalized spacial score (nSPS) is 15.0. The number of carbonyl (C=O) groups excluding carboxylic acids is 1. The van der Waals surface area contributed by atoms with Crippen LogP contribution in [0.3, 0.4) is 0 Å². The van der Waals surface area contributed by atoms with Crippen LogP contribution in [0.4, 0.5) is 5.69 Å². The Morgan fingerprint density at radius 1 is 1.07 bits per heavy atom. The number of fused-ring (bicyclic) bond motifs is 1. The molecule has 0 saturated carbocycles. The summed E-state index contributed by atoms with van der Waals surface area (Å²) in [4.78, 5) is 15.8. The molecule has 4 rings (SSSR count). The van der Waals surface area contributed by atoms with E-state index in [2.05, 4.69) is 16.4 Å². The lowest BCUT2D eigenvalue weighted by Gasteiger charge is -2.16. The number of aromatic nitrogens is 1. The van der Waals surface area contributed by atoms with Crippen LogP contribution in [0.2, 0.25) is 0 Å². The summed E-state index contributed by atoms with van der Waals surface area (Å²) in [7, 11) is -3.49. The fourth-order valence-corrected chi connectivity index (χ4v) is 5.38. The molecule has 2 heterocycles. The number of nitrogens with one attached hydrogen (secondary N) is 2. The Kier molecular flexibility index (Phi) is 5.69. The molecule has 0 radical (unpaired) electrons. The Labute approximate surface area is 171 Å². The van der Waals surface area contributed by atoms with Crippen molar-refractivity contribution in [2.24, 2.45) is 0 Å². The summed E-state index contributed by atoms with van der Waals surface area (Å²) in [5.41, 5.74) is 2.82. The monoisotopic (exact) mass is 411 g/mol. The molecule has 0 bridgehead atoms. The van der Waals surface area contributed by atoms with E-state index in [0.29, 0.717) is 25.2 Å². The lowest BCUT2D eigenvalue weighted by Crippen LogP contribution is -2.27. The van der Waals surface area contributed by atoms with Gasteiger partial charge in [0.25, 0.3) is 0 Å². The maximum atomic E-state index is 12.7. The zero-order valence-corrected chi connectivity index (χ0v) is 17.0. The number of aromatic amines is 1. The van der Waals surface area contributed by atoms with E-state index >= 15 is 0 Å². The number of hydrogen-bond donors (Lipinski definition) is 2. The van der Waals surface area contributed by atoms with Crippen molar-refractivity contribution < 1.29 is 13.2 Å². The number of benzene rings is 2. The molecule has 2 N–H and O–H groups in total. The summed E-state index contributed by atoms with van der Waals surface area (Å²) in [5.74, 6) is -0.111. The van der Waals surface area contributed by atoms with Crippen molar-refractivity contribution in [3.63, 3.8) is 0 Å². The zero-order valence-electron chi connectivity index (χ0n) is 16.2. The molecular weight excluding hydrogens is 386 g/mol. The van der Waals surface area contributed by atoms with Crippen LogP contribution in [0.15, 0.2) is 59.6 Å². The van der Waals surface area contributed by atoms with Crippen LogP contribution in [-0.2, 0) is 21.2 Å². The molecule has 2 aromatic carbocycles. The van der Waals surface area contributed by atoms with E-state index in [9.17, 15) is 13.2 Å². The van der Waals surface area contributed by atoms with Crippen LogP contribution in [0.5, 0.6) is 0 Å². The van der Waals surface area contributed by atoms with Crippen LogP contribution >= 0.6 is 0 Å². The van der Waals surface area contributed by atoms with Crippen molar-refractivity contribution in [2.75, 3.05) is 18.4 Å². The minimum atomic E-state index is -3.49. The van der Waals surface area contributed by atoms with Crippen molar-refractivity contribution in [1.29, 1.82) is 0 Å². The number of para-hydroxylation sites is 1. The Bertz CT molecular complexity index is 1120. The highest BCUT2D eigenvalue weighted by Gasteiger charge is 2.27. The number of amides is 1. The van der Waals surface area contributed by atoms with Crippen molar-refractivity contribution >= 4 is 32.5 Å². The predicted octanol–water partition coefficient (Wildman–Crippen LogP) is 3.91. The molecule has 1 aliphatic rings. The van der Waals surface area contributed by atoms with Gasteiger partial charge in [0.2, 0.25) is 15.9 Å². The molecule has 3 aromatic rings. The second-order valence-electron chi connectivity index (χ2n) is 7.40. The van der Waals surface area contributed by atoms with Gasteiger partial charge in [-0.05, 0) is 55.5 Å². The van der Waals surface area contributed by atoms with Crippen LogP contribution in [0.25, 0.3) is 10.9 Å². The maximum absolute atomic E-state index is 12.7. The predicted molar refractivity (Wildman–Crippen MR) is 114 cm³/mol. The van der Waals surface area contributed by atoms with E-state index in [1.54, 1.807) is 24.3 Å². The first-order valence-electron chi connectivity index (χ1n) is 9.99. The number of carbonyl (C=O) groups is 1. The lowest BCUT2D eigenvalue weighted by atomic mass is 10.1. The molecular formula is C22H25N3O3S. The van der Waals surface area contributed by atoms with E-state index in [4.69, 9.17) is 0 Å². The van der Waals surface area contributed by atoms with Crippen molar-refractivity contribution in [1.82, 2.24) is 9.29 Å². The summed E-state index contributed by atoms with van der Waals surface area (Å²) < 4.78 is 26.9. The quantitative estimate of drug-likeness (QED) is 0.618. The molecule has 152 valence electrons. The number of hydrogen-bond acceptors (Lipinski definition) is 3. The molecule has 1 aromatic heterocycles. The minimum absolute atomic E-state index is 0.111. The Hall–Kier alpha value is -2.64. The lowest BCUT2D eigenvalue weighted by molar-refractivity contribution is -0.116. The van der Waals surface area contributed by atoms with Gasteiger partial charge in [-0.2, -0.15) is 4.31 Å². The third-order valence-electron chi connectivity index (χ3n) is 5.35. The van der Waals surface area contributed by atoms with Gasteiger partial charge in [0.05, 0.1) is 4.90 Å². The Morgan fingerprint density at radius 3 is 2.69 bits per heavy atom. The fraction of sp³-hybridized carbons (Fsp3) is 0.318. The average molecular weight is 412 g/mol. The third kappa shape index (κ3) is 4.36. The second-order valence-corrected chi connectivity index (χ2v) is 9.34. The van der Waals surface area contributed by atoms with Crippen molar-refractivity contribution in [3.8, 4) is 0 Å². The number of anilines is 1. The first-order chi connectivity index (χ1) is 14.0. The summed E-state index contributed by atoms with van der Waals surface area (Å²) >= 11 is 0. The highest BCUT2D eigenvalue weighted by molar-refractivity contribution is 7.89. The van der Waals surface area contributed by atoms with Gasteiger partial charge in [-0.15, -0.1) is 0 Å². The van der Waals surface area contributed by atoms with Gasteiger partial charge in [0, 0.05) is 42.3 Å². The van der Waals surface area contributed by atoms with Crippen LogP contribution in [0.1, 0.15) is 31.2 Å². The molecule has 1 aliphatic heterocycles. The topological polar surface area (TPSA) is 82.3 Å². The maximum Gasteiger partial charge on any atom is 0.243 e. The molecule has 1 fully saturated rings. The molecule has 0 aliphatic carbocycles. The molecule has 0 spiro atoms. The number of nitrogens with zero attached hydrogens (tertiary/aromatic N) is 1. The van der Waals surface area contributed by atoms with E-state index in [0.717, 1.165) is 31.2 Å². The summed E-state index contributed by atoms with van der Waals surface area (Å²) in [5, 5.41) is 4.02. The highest BCUT2D eigenvalue weighted by atomic mass is 32.2. The van der Waals surface area contributed by atoms with Gasteiger partial charge in [0.15, 0.2) is 0 Å². The number of sulfonamides is 1. The van der Waals surface area contributed by atoms with Crippen LogP contribution in [0, 0.1) is 0 Å². The fourth-order valence-electron chi connectivity index (χ4n) is 3.81. The molecule has 6 nitrogen and oxygen atoms in total. The SMILES string of the molecule is O=C(CCCc1c[nH]c2ccccc12)Nc1cccc(S(=O)(=O)N2CCCC2)c1. The Balaban J connectivity index is 1.35. The largest absolute Gasteiger partial charge is 0.361 e. The first kappa shape index (κ1) is 19.7. The van der Waals surface area contributed by atoms with Crippen LogP contribution in [-0.4, -0.2) is 36.7 Å². The number of aryl methyl sites for hydroxylation is 1. The summed E-state index contributed by atoms with van der Waals surface area (Å²) in [6, 6.07) is 14.6. The molecule has 1 amide bonds. The number of H-pyrrole nitrogens is 1. The zero-order chi connectivity index (χ0) is 20.3. The van der Waals surface area contributed by atoms with Crippen molar-refractivity contribution in [2.45, 2.75) is 37.0 Å². The van der Waals surface area contributed by atoms with Gasteiger partial charge in [-0.25, -0.2) is 8.42 Å². The summed E-state index contributed by atoms with van der Waals surface area (Å²) in [6.07, 6.45) is 5.69. The second kappa shape index (κ2) is 8.39. The van der Waals surface area contributed by atoms with Crippen LogP contribution < -0.4 is 5.32 Å². The first-order valence-corrected chi connectivity index (χ1v) is 11.4. The van der Waals surface area contributed by atoms with Gasteiger partial charge in [-0.3, -0.25) is 4.79 Å². The van der Waals surface area contributed by atoms with E-state index in [1.165, 1.54) is 15.3 Å². The van der Waals surface area contributed by atoms with Gasteiger partial charge < -0.3 is 10.3 Å². The van der Waals surface area contributed by atoms with E-state index in [1.807, 2.05) is 24.4 Å². The van der Waals surface area contributed by atoms with Gasteiger partial charge in [0.1, 0.15) is 0 Å². The molecule has 0 atom stereocenters. The highest BCUT2D eigenvalue weighted by Crippen LogP contribution is 2.23. The molecule has 29 heavy (non-hydrogen) atoms. The molecule has 0 unspecified atom stereocenters. The van der Waals surface area contributed by atoms with E-state index < -0.39 is 10.0 Å². The van der Waals surface area contributed by atoms with Gasteiger partial charge in [-0.1, -0.05) is 24.3 Å². The van der Waals surface area contributed by atoms with Crippen molar-refractivity contribution in [3.05, 3.63) is 60.3 Å².